The number of hydrogen-bond donors (Lipinski definition) is 2. The van der Waals surface area contributed by atoms with E-state index in [-0.39, 0.29) is 35.2 Å². The van der Waals surface area contributed by atoms with E-state index in [1.807, 2.05) is 62.4 Å². The fraction of sp³-hybridized carbons (Fsp3) is 0.404. The van der Waals surface area contributed by atoms with Gasteiger partial charge < -0.3 is 29.3 Å². The number of aryl methyl sites for hydroxylation is 2. The first-order valence-electron chi connectivity index (χ1n) is 21.5. The van der Waals surface area contributed by atoms with Crippen molar-refractivity contribution in [1.29, 1.82) is 0 Å². The zero-order chi connectivity index (χ0) is 43.5. The predicted molar refractivity (Wildman–Crippen MR) is 238 cm³/mol. The number of rotatable bonds is 11. The van der Waals surface area contributed by atoms with Crippen molar-refractivity contribution in [3.8, 4) is 11.1 Å². The Morgan fingerprint density at radius 1 is 0.903 bits per heavy atom. The summed E-state index contributed by atoms with van der Waals surface area (Å²) < 4.78 is 37.3. The van der Waals surface area contributed by atoms with Crippen LogP contribution < -0.4 is 10.5 Å². The Hall–Kier alpha value is -5.61. The molecule has 6 aromatic rings. The Kier molecular flexibility index (Phi) is 10.9. The van der Waals surface area contributed by atoms with Crippen LogP contribution in [0.2, 0.25) is 0 Å². The third-order valence-corrected chi connectivity index (χ3v) is 14.7. The smallest absolute Gasteiger partial charge is 0.407 e. The lowest BCUT2D eigenvalue weighted by Gasteiger charge is -2.45. The molecule has 0 unspecified atom stereocenters. The largest absolute Gasteiger partial charge is 0.465 e. The molecule has 14 nitrogen and oxygen atoms in total. The molecule has 324 valence electrons. The number of aliphatic hydroxyl groups excluding tert-OH is 1. The Labute approximate surface area is 361 Å². The number of anilines is 1. The fourth-order valence-corrected chi connectivity index (χ4v) is 10.7. The van der Waals surface area contributed by atoms with Gasteiger partial charge in [0.05, 0.1) is 28.8 Å². The molecule has 2 aliphatic heterocycles. The van der Waals surface area contributed by atoms with Gasteiger partial charge in [-0.1, -0.05) is 54.1 Å². The Bertz CT molecular complexity index is 2820. The number of amides is 1. The van der Waals surface area contributed by atoms with Crippen LogP contribution >= 0.6 is 0 Å². The van der Waals surface area contributed by atoms with Crippen LogP contribution in [0, 0.1) is 12.8 Å². The van der Waals surface area contributed by atoms with E-state index in [1.54, 1.807) is 43.6 Å². The molecule has 5 heterocycles. The molecular formula is C47H53N7O7S. The lowest BCUT2D eigenvalue weighted by Crippen LogP contribution is -2.58. The SMILES string of the molecule is Cc1ccc(S(=O)(=O)n2ccc3c(-c4ccc5nc(N6CCC(CN7C[C@@H](C)N(C(=O)O)C[C@@H]7C)CC6)nc([C@@](CO)(OC6CC6)c6ccccc6)c5c4)cn(C)c(=O)c32)cc1. The third kappa shape index (κ3) is 7.54. The highest BCUT2D eigenvalue weighted by Crippen LogP contribution is 2.43. The normalized spacial score (nSPS) is 20.2. The summed E-state index contributed by atoms with van der Waals surface area (Å²) in [6, 6.07) is 23.8. The number of hydrogen-bond acceptors (Lipinski definition) is 10. The zero-order valence-corrected chi connectivity index (χ0v) is 36.3. The molecule has 3 aromatic heterocycles. The Morgan fingerprint density at radius 3 is 2.31 bits per heavy atom. The molecular weight excluding hydrogens is 807 g/mol. The van der Waals surface area contributed by atoms with E-state index >= 15 is 0 Å². The van der Waals surface area contributed by atoms with E-state index in [0.717, 1.165) is 60.4 Å². The number of ether oxygens (including phenoxy) is 1. The molecule has 2 N–H and O–H groups in total. The number of carbonyl (C=O) groups is 1. The minimum Gasteiger partial charge on any atom is -0.465 e. The van der Waals surface area contributed by atoms with Gasteiger partial charge in [0.25, 0.3) is 15.6 Å². The van der Waals surface area contributed by atoms with Crippen molar-refractivity contribution in [2.75, 3.05) is 44.2 Å². The second kappa shape index (κ2) is 16.3. The monoisotopic (exact) mass is 859 g/mol. The van der Waals surface area contributed by atoms with Gasteiger partial charge in [0.15, 0.2) is 5.60 Å². The molecule has 3 atom stereocenters. The van der Waals surface area contributed by atoms with E-state index in [9.17, 15) is 28.2 Å². The van der Waals surface area contributed by atoms with E-state index in [0.29, 0.717) is 58.1 Å². The third-order valence-electron chi connectivity index (χ3n) is 13.0. The van der Waals surface area contributed by atoms with Crippen molar-refractivity contribution < 1.29 is 28.2 Å². The molecule has 3 aromatic carbocycles. The molecule has 0 radical (unpaired) electrons. The van der Waals surface area contributed by atoms with E-state index in [2.05, 4.69) is 16.7 Å². The van der Waals surface area contributed by atoms with E-state index < -0.39 is 27.3 Å². The summed E-state index contributed by atoms with van der Waals surface area (Å²) in [5.41, 5.74) is 2.48. The summed E-state index contributed by atoms with van der Waals surface area (Å²) in [7, 11) is -2.49. The minimum absolute atomic E-state index is 0.0402. The highest BCUT2D eigenvalue weighted by molar-refractivity contribution is 7.90. The van der Waals surface area contributed by atoms with E-state index in [4.69, 9.17) is 14.7 Å². The van der Waals surface area contributed by atoms with Gasteiger partial charge in [-0.05, 0) is 93.8 Å². The molecule has 1 amide bonds. The van der Waals surface area contributed by atoms with Crippen molar-refractivity contribution in [3.63, 3.8) is 0 Å². The summed E-state index contributed by atoms with van der Waals surface area (Å²) in [5.74, 6) is 0.978. The number of pyridine rings is 1. The first-order chi connectivity index (χ1) is 29.8. The maximum Gasteiger partial charge on any atom is 0.407 e. The molecule has 9 rings (SSSR count). The summed E-state index contributed by atoms with van der Waals surface area (Å²) in [4.78, 5) is 42.3. The lowest BCUT2D eigenvalue weighted by atomic mass is 9.87. The van der Waals surface area contributed by atoms with Crippen molar-refractivity contribution >= 4 is 43.9 Å². The molecule has 15 heteroatoms. The first-order valence-corrected chi connectivity index (χ1v) is 22.9. The van der Waals surface area contributed by atoms with Crippen LogP contribution in [0.4, 0.5) is 10.7 Å². The number of piperidine rings is 1. The van der Waals surface area contributed by atoms with Crippen LogP contribution in [0.25, 0.3) is 32.9 Å². The summed E-state index contributed by atoms with van der Waals surface area (Å²) in [6.45, 7) is 9.15. The average Bonchev–Trinajstić information content (AvgIpc) is 3.98. The van der Waals surface area contributed by atoms with Gasteiger partial charge in [-0.3, -0.25) is 9.69 Å². The van der Waals surface area contributed by atoms with Crippen molar-refractivity contribution in [3.05, 3.63) is 118 Å². The molecule has 0 spiro atoms. The van der Waals surface area contributed by atoms with Crippen LogP contribution in [-0.4, -0.2) is 111 Å². The number of aliphatic hydroxyl groups is 1. The Morgan fingerprint density at radius 2 is 1.63 bits per heavy atom. The molecule has 3 aliphatic rings. The summed E-state index contributed by atoms with van der Waals surface area (Å²) >= 11 is 0. The molecule has 1 aliphatic carbocycles. The highest BCUT2D eigenvalue weighted by Gasteiger charge is 2.44. The van der Waals surface area contributed by atoms with Gasteiger partial charge >= 0.3 is 6.09 Å². The topological polar surface area (TPSA) is 163 Å². The van der Waals surface area contributed by atoms with Gasteiger partial charge in [-0.2, -0.15) is 0 Å². The van der Waals surface area contributed by atoms with Gasteiger partial charge in [-0.25, -0.2) is 27.2 Å². The molecule has 62 heavy (non-hydrogen) atoms. The van der Waals surface area contributed by atoms with Crippen LogP contribution in [0.15, 0.2) is 101 Å². The summed E-state index contributed by atoms with van der Waals surface area (Å²) in [6.07, 6.45) is 5.80. The quantitative estimate of drug-likeness (QED) is 0.153. The minimum atomic E-state index is -4.10. The maximum absolute atomic E-state index is 14.0. The number of carboxylic acid groups (broad SMARTS) is 1. The second-order valence-corrected chi connectivity index (χ2v) is 19.3. The second-order valence-electron chi connectivity index (χ2n) is 17.4. The highest BCUT2D eigenvalue weighted by atomic mass is 32.2. The first kappa shape index (κ1) is 41.7. The molecule has 0 bridgehead atoms. The van der Waals surface area contributed by atoms with Crippen molar-refractivity contribution in [2.45, 2.75) is 75.1 Å². The van der Waals surface area contributed by atoms with Crippen LogP contribution in [0.5, 0.6) is 0 Å². The molecule has 3 fully saturated rings. The van der Waals surface area contributed by atoms with Gasteiger partial charge in [0, 0.05) is 80.6 Å². The van der Waals surface area contributed by atoms with Crippen LogP contribution in [-0.2, 0) is 27.4 Å². The number of benzene rings is 3. The lowest BCUT2D eigenvalue weighted by molar-refractivity contribution is -0.0672. The van der Waals surface area contributed by atoms with Crippen LogP contribution in [0.3, 0.4) is 0 Å². The predicted octanol–water partition coefficient (Wildman–Crippen LogP) is 6.20. The molecule has 1 saturated carbocycles. The maximum atomic E-state index is 14.0. The van der Waals surface area contributed by atoms with Crippen LogP contribution in [0.1, 0.15) is 56.4 Å². The molecule has 2 saturated heterocycles. The van der Waals surface area contributed by atoms with Crippen molar-refractivity contribution in [1.82, 2.24) is 28.3 Å². The van der Waals surface area contributed by atoms with Gasteiger partial charge in [0.1, 0.15) is 5.52 Å². The number of fused-ring (bicyclic) bond motifs is 2. The standard InChI is InChI=1S/C47H53N7O7S/c1-30-10-15-37(16-11-30)62(59,60)54-23-20-38-40(28-50(4)44(56)42(38)54)34-12-17-41-39(24-34)43(47(29-55,61-36-13-14-36)35-8-6-5-7-9-35)49-45(48-41)51-21-18-33(19-22-51)27-52-25-32(3)53(46(57)58)26-31(52)2/h5-12,15-17,20,23-24,28,31-33,36,55H,13-14,18-19,21-22,25-27,29H2,1-4H3,(H,57,58)/t31-,32+,47-/m0/s1. The zero-order valence-electron chi connectivity index (χ0n) is 35.5. The van der Waals surface area contributed by atoms with Crippen molar-refractivity contribution in [2.24, 2.45) is 13.0 Å². The number of nitrogens with zero attached hydrogens (tertiary/aromatic N) is 7. The van der Waals surface area contributed by atoms with Gasteiger partial charge in [0.2, 0.25) is 5.95 Å². The fourth-order valence-electron chi connectivity index (χ4n) is 9.33. The Balaban J connectivity index is 1.12. The number of aromatic nitrogens is 4. The average molecular weight is 860 g/mol. The summed E-state index contributed by atoms with van der Waals surface area (Å²) in [5, 5.41) is 22.3. The van der Waals surface area contributed by atoms with Gasteiger partial charge in [-0.15, -0.1) is 0 Å². The van der Waals surface area contributed by atoms with E-state index in [1.165, 1.54) is 15.7 Å². The number of piperazine rings is 1.